The average Bonchev–Trinajstić information content (AvgIpc) is 2.68. The van der Waals surface area contributed by atoms with Gasteiger partial charge in [-0.2, -0.15) is 0 Å². The van der Waals surface area contributed by atoms with Crippen LogP contribution in [-0.4, -0.2) is 20.1 Å². The van der Waals surface area contributed by atoms with Crippen molar-refractivity contribution in [2.45, 2.75) is 4.90 Å². The molecule has 2 aromatic rings. The van der Waals surface area contributed by atoms with E-state index in [-0.39, 0.29) is 27.9 Å². The minimum atomic E-state index is -3.55. The van der Waals surface area contributed by atoms with Crippen molar-refractivity contribution in [1.82, 2.24) is 0 Å². The van der Waals surface area contributed by atoms with Crippen LogP contribution in [0, 0.1) is 0 Å². The zero-order valence-corrected chi connectivity index (χ0v) is 11.8. The van der Waals surface area contributed by atoms with Crippen LogP contribution in [0.1, 0.15) is 5.56 Å². The molecule has 1 aliphatic heterocycles. The van der Waals surface area contributed by atoms with E-state index in [2.05, 4.69) is 0 Å². The molecule has 0 spiro atoms. The van der Waals surface area contributed by atoms with Gasteiger partial charge < -0.3 is 15.6 Å². The molecule has 0 aromatic heterocycles. The molecule has 2 aromatic carbocycles. The number of sulfone groups is 1. The number of aromatic hydroxyl groups is 1. The number of hydrogen-bond donors (Lipinski definition) is 2. The number of rotatable bonds is 3. The molecular weight excluding hydrogens is 290 g/mol. The van der Waals surface area contributed by atoms with E-state index in [1.807, 2.05) is 0 Å². The number of para-hydroxylation sites is 2. The SMILES string of the molecule is Nc1ccc2c(c1)C=C(COc1ccccc1O)S2(=O)=O. The Morgan fingerprint density at radius 2 is 1.90 bits per heavy atom. The Balaban J connectivity index is 1.88. The molecule has 0 bridgehead atoms. The van der Waals surface area contributed by atoms with Gasteiger partial charge in [0, 0.05) is 5.69 Å². The zero-order chi connectivity index (χ0) is 15.0. The van der Waals surface area contributed by atoms with Gasteiger partial charge >= 0.3 is 0 Å². The van der Waals surface area contributed by atoms with Gasteiger partial charge in [-0.1, -0.05) is 12.1 Å². The molecule has 0 radical (unpaired) electrons. The fourth-order valence-electron chi connectivity index (χ4n) is 2.16. The third-order valence-electron chi connectivity index (χ3n) is 3.22. The van der Waals surface area contributed by atoms with Gasteiger partial charge in [0.2, 0.25) is 9.84 Å². The molecule has 0 fully saturated rings. The fourth-order valence-corrected chi connectivity index (χ4v) is 3.62. The summed E-state index contributed by atoms with van der Waals surface area (Å²) >= 11 is 0. The van der Waals surface area contributed by atoms with Crippen LogP contribution in [0.25, 0.3) is 6.08 Å². The summed E-state index contributed by atoms with van der Waals surface area (Å²) in [6.45, 7) is -0.144. The molecule has 3 N–H and O–H groups in total. The summed E-state index contributed by atoms with van der Waals surface area (Å²) in [6, 6.07) is 11.1. The van der Waals surface area contributed by atoms with E-state index in [0.717, 1.165) is 0 Å². The highest BCUT2D eigenvalue weighted by Crippen LogP contribution is 2.35. The van der Waals surface area contributed by atoms with E-state index in [1.54, 1.807) is 36.4 Å². The lowest BCUT2D eigenvalue weighted by Gasteiger charge is -2.08. The molecule has 1 heterocycles. The molecule has 1 aliphatic rings. The Bertz CT molecular complexity index is 841. The van der Waals surface area contributed by atoms with Crippen LogP contribution < -0.4 is 10.5 Å². The van der Waals surface area contributed by atoms with Crippen LogP contribution in [0.2, 0.25) is 0 Å². The predicted molar refractivity (Wildman–Crippen MR) is 79.6 cm³/mol. The smallest absolute Gasteiger partial charge is 0.206 e. The van der Waals surface area contributed by atoms with Gasteiger partial charge in [0.15, 0.2) is 11.5 Å². The molecular formula is C15H13NO4S. The second-order valence-corrected chi connectivity index (χ2v) is 6.64. The number of ether oxygens (including phenoxy) is 1. The van der Waals surface area contributed by atoms with Crippen molar-refractivity contribution in [3.63, 3.8) is 0 Å². The van der Waals surface area contributed by atoms with E-state index in [9.17, 15) is 13.5 Å². The summed E-state index contributed by atoms with van der Waals surface area (Å²) in [7, 11) is -3.55. The normalized spacial score (nSPS) is 15.3. The largest absolute Gasteiger partial charge is 0.504 e. The number of phenolic OH excluding ortho intramolecular Hbond substituents is 1. The van der Waals surface area contributed by atoms with Crippen molar-refractivity contribution in [3.8, 4) is 11.5 Å². The topological polar surface area (TPSA) is 89.6 Å². The van der Waals surface area contributed by atoms with Gasteiger partial charge in [-0.25, -0.2) is 8.42 Å². The molecule has 3 rings (SSSR count). The lowest BCUT2D eigenvalue weighted by molar-refractivity contribution is 0.333. The van der Waals surface area contributed by atoms with E-state index in [0.29, 0.717) is 11.3 Å². The Morgan fingerprint density at radius 1 is 1.14 bits per heavy atom. The Morgan fingerprint density at radius 3 is 2.67 bits per heavy atom. The number of anilines is 1. The third-order valence-corrected chi connectivity index (χ3v) is 5.10. The first kappa shape index (κ1) is 13.5. The number of phenols is 1. The summed E-state index contributed by atoms with van der Waals surface area (Å²) in [5.74, 6) is 0.208. The monoisotopic (exact) mass is 303 g/mol. The van der Waals surface area contributed by atoms with E-state index >= 15 is 0 Å². The van der Waals surface area contributed by atoms with Crippen molar-refractivity contribution in [3.05, 3.63) is 52.9 Å². The molecule has 0 aliphatic carbocycles. The maximum Gasteiger partial charge on any atom is 0.206 e. The number of hydrogen-bond acceptors (Lipinski definition) is 5. The molecule has 6 heteroatoms. The summed E-state index contributed by atoms with van der Waals surface area (Å²) in [4.78, 5) is 0.374. The molecule has 0 amide bonds. The van der Waals surface area contributed by atoms with Crippen molar-refractivity contribution < 1.29 is 18.3 Å². The molecule has 5 nitrogen and oxygen atoms in total. The zero-order valence-electron chi connectivity index (χ0n) is 11.0. The molecule has 0 saturated heterocycles. The Kier molecular flexibility index (Phi) is 3.10. The van der Waals surface area contributed by atoms with Crippen molar-refractivity contribution >= 4 is 21.6 Å². The second kappa shape index (κ2) is 4.82. The summed E-state index contributed by atoms with van der Waals surface area (Å²) in [6.07, 6.45) is 1.54. The van der Waals surface area contributed by atoms with Gasteiger partial charge in [0.05, 0.1) is 9.80 Å². The van der Waals surface area contributed by atoms with E-state index in [4.69, 9.17) is 10.5 Å². The van der Waals surface area contributed by atoms with Crippen LogP contribution in [0.3, 0.4) is 0 Å². The maximum absolute atomic E-state index is 12.4. The summed E-state index contributed by atoms with van der Waals surface area (Å²) < 4.78 is 30.1. The van der Waals surface area contributed by atoms with Gasteiger partial charge in [-0.3, -0.25) is 0 Å². The number of nitrogen functional groups attached to an aromatic ring is 1. The van der Waals surface area contributed by atoms with E-state index < -0.39 is 9.84 Å². The lowest BCUT2D eigenvalue weighted by Crippen LogP contribution is -2.09. The maximum atomic E-state index is 12.4. The minimum absolute atomic E-state index is 0.0322. The minimum Gasteiger partial charge on any atom is -0.504 e. The second-order valence-electron chi connectivity index (χ2n) is 4.67. The first-order valence-corrected chi connectivity index (χ1v) is 7.73. The van der Waals surface area contributed by atoms with Gasteiger partial charge in [-0.15, -0.1) is 0 Å². The molecule has 0 saturated carbocycles. The lowest BCUT2D eigenvalue weighted by atomic mass is 10.2. The van der Waals surface area contributed by atoms with Crippen molar-refractivity contribution in [1.29, 1.82) is 0 Å². The number of nitrogens with two attached hydrogens (primary N) is 1. The van der Waals surface area contributed by atoms with Crippen LogP contribution in [0.4, 0.5) is 5.69 Å². The molecule has 108 valence electrons. The highest BCUT2D eigenvalue weighted by Gasteiger charge is 2.30. The van der Waals surface area contributed by atoms with Crippen LogP contribution in [0.15, 0.2) is 52.3 Å². The van der Waals surface area contributed by atoms with Crippen LogP contribution >= 0.6 is 0 Å². The Labute approximate surface area is 122 Å². The number of fused-ring (bicyclic) bond motifs is 1. The van der Waals surface area contributed by atoms with Gasteiger partial charge in [0.25, 0.3) is 0 Å². The Hall–Kier alpha value is -2.47. The standard InChI is InChI=1S/C15H13NO4S/c16-11-5-6-15-10(7-11)8-12(21(15,18)19)9-20-14-4-2-1-3-13(14)17/h1-8,17H,9,16H2. The van der Waals surface area contributed by atoms with Crippen LogP contribution in [-0.2, 0) is 9.84 Å². The first-order valence-electron chi connectivity index (χ1n) is 6.24. The third kappa shape index (κ3) is 2.34. The van der Waals surface area contributed by atoms with Gasteiger partial charge in [0.1, 0.15) is 6.61 Å². The number of benzene rings is 2. The van der Waals surface area contributed by atoms with Crippen LogP contribution in [0.5, 0.6) is 11.5 Å². The molecule has 0 atom stereocenters. The van der Waals surface area contributed by atoms with Gasteiger partial charge in [-0.05, 0) is 42.0 Å². The van der Waals surface area contributed by atoms with Crippen molar-refractivity contribution in [2.75, 3.05) is 12.3 Å². The highest BCUT2D eigenvalue weighted by atomic mass is 32.2. The molecule has 0 unspecified atom stereocenters. The quantitative estimate of drug-likeness (QED) is 0.848. The predicted octanol–water partition coefficient (Wildman–Crippen LogP) is 2.18. The average molecular weight is 303 g/mol. The fraction of sp³-hybridized carbons (Fsp3) is 0.0667. The highest BCUT2D eigenvalue weighted by molar-refractivity contribution is 7.95. The van der Waals surface area contributed by atoms with Crippen molar-refractivity contribution in [2.24, 2.45) is 0 Å². The van der Waals surface area contributed by atoms with E-state index in [1.165, 1.54) is 12.1 Å². The molecule has 21 heavy (non-hydrogen) atoms. The summed E-state index contributed by atoms with van der Waals surface area (Å²) in [5.41, 5.74) is 6.73. The summed E-state index contributed by atoms with van der Waals surface area (Å²) in [5, 5.41) is 9.61. The first-order chi connectivity index (χ1) is 9.98.